The predicted octanol–water partition coefficient (Wildman–Crippen LogP) is 4.10. The zero-order chi connectivity index (χ0) is 21.9. The minimum atomic E-state index is -0.00171. The quantitative estimate of drug-likeness (QED) is 0.663. The summed E-state index contributed by atoms with van der Waals surface area (Å²) < 4.78 is 0. The Morgan fingerprint density at radius 2 is 1.69 bits per heavy atom. The highest BCUT2D eigenvalue weighted by atomic mass is 16.2. The SMILES string of the molecule is O=C(CCc1ccccc1)N1CCC(C(=O)N2CCCC2c2nc3ccccc3[nH]2)CC1. The topological polar surface area (TPSA) is 69.3 Å². The smallest absolute Gasteiger partial charge is 0.226 e. The Kier molecular flexibility index (Phi) is 5.93. The summed E-state index contributed by atoms with van der Waals surface area (Å²) in [5, 5.41) is 0. The molecular weight excluding hydrogens is 400 g/mol. The van der Waals surface area contributed by atoms with Gasteiger partial charge in [0.25, 0.3) is 0 Å². The van der Waals surface area contributed by atoms with Gasteiger partial charge >= 0.3 is 0 Å². The summed E-state index contributed by atoms with van der Waals surface area (Å²) in [6, 6.07) is 18.2. The van der Waals surface area contributed by atoms with Gasteiger partial charge in [0.15, 0.2) is 0 Å². The average Bonchev–Trinajstić information content (AvgIpc) is 3.50. The number of hydrogen-bond acceptors (Lipinski definition) is 3. The summed E-state index contributed by atoms with van der Waals surface area (Å²) in [5.41, 5.74) is 3.16. The number of amides is 2. The van der Waals surface area contributed by atoms with Crippen LogP contribution in [0.3, 0.4) is 0 Å². The highest BCUT2D eigenvalue weighted by Gasteiger charge is 2.37. The van der Waals surface area contributed by atoms with Crippen LogP contribution in [0.5, 0.6) is 0 Å². The van der Waals surface area contributed by atoms with Gasteiger partial charge in [-0.1, -0.05) is 42.5 Å². The maximum Gasteiger partial charge on any atom is 0.226 e. The molecule has 2 aromatic carbocycles. The molecule has 1 unspecified atom stereocenters. The fourth-order valence-corrected chi connectivity index (χ4v) is 5.11. The number of imidazole rings is 1. The molecule has 1 N–H and O–H groups in total. The van der Waals surface area contributed by atoms with Crippen LogP contribution in [0.15, 0.2) is 54.6 Å². The summed E-state index contributed by atoms with van der Waals surface area (Å²) in [7, 11) is 0. The van der Waals surface area contributed by atoms with E-state index in [9.17, 15) is 9.59 Å². The normalized spacial score (nSPS) is 19.6. The first-order valence-electron chi connectivity index (χ1n) is 11.8. The second-order valence-corrected chi connectivity index (χ2v) is 8.97. The van der Waals surface area contributed by atoms with Crippen molar-refractivity contribution in [2.75, 3.05) is 19.6 Å². The van der Waals surface area contributed by atoms with Crippen molar-refractivity contribution in [3.8, 4) is 0 Å². The van der Waals surface area contributed by atoms with E-state index in [1.54, 1.807) is 0 Å². The number of rotatable bonds is 5. The molecule has 2 saturated heterocycles. The van der Waals surface area contributed by atoms with Crippen LogP contribution in [0.4, 0.5) is 0 Å². The third-order valence-corrected chi connectivity index (χ3v) is 6.93. The molecule has 0 spiro atoms. The first-order chi connectivity index (χ1) is 15.7. The molecule has 2 amide bonds. The molecule has 3 heterocycles. The van der Waals surface area contributed by atoms with Crippen molar-refractivity contribution in [2.45, 2.75) is 44.6 Å². The lowest BCUT2D eigenvalue weighted by Gasteiger charge is -2.34. The summed E-state index contributed by atoms with van der Waals surface area (Å²) in [6.45, 7) is 2.14. The Hall–Kier alpha value is -3.15. The number of aromatic amines is 1. The van der Waals surface area contributed by atoms with Gasteiger partial charge in [-0.3, -0.25) is 9.59 Å². The van der Waals surface area contributed by atoms with Gasteiger partial charge in [0.1, 0.15) is 5.82 Å². The fraction of sp³-hybridized carbons (Fsp3) is 0.423. The fourth-order valence-electron chi connectivity index (χ4n) is 5.11. The molecule has 5 rings (SSSR count). The van der Waals surface area contributed by atoms with Crippen LogP contribution in [-0.2, 0) is 16.0 Å². The van der Waals surface area contributed by atoms with Crippen molar-refractivity contribution in [1.82, 2.24) is 19.8 Å². The number of piperidine rings is 1. The number of hydrogen-bond donors (Lipinski definition) is 1. The van der Waals surface area contributed by atoms with Gasteiger partial charge in [0.05, 0.1) is 17.1 Å². The molecule has 1 atom stereocenters. The average molecular weight is 431 g/mol. The second kappa shape index (κ2) is 9.15. The second-order valence-electron chi connectivity index (χ2n) is 8.97. The first kappa shape index (κ1) is 20.7. The molecule has 0 bridgehead atoms. The molecule has 1 aromatic heterocycles. The van der Waals surface area contributed by atoms with Crippen molar-refractivity contribution in [3.63, 3.8) is 0 Å². The number of aromatic nitrogens is 2. The van der Waals surface area contributed by atoms with E-state index in [1.807, 2.05) is 52.3 Å². The van der Waals surface area contributed by atoms with Crippen LogP contribution in [0, 0.1) is 5.92 Å². The van der Waals surface area contributed by atoms with E-state index in [0.717, 1.165) is 55.5 Å². The standard InChI is InChI=1S/C26H30N4O2/c31-24(13-12-19-7-2-1-3-8-19)29-17-14-20(15-18-29)26(32)30-16-6-11-23(30)25-27-21-9-4-5-10-22(21)28-25/h1-5,7-10,20,23H,6,11-18H2,(H,27,28). The molecule has 32 heavy (non-hydrogen) atoms. The predicted molar refractivity (Wildman–Crippen MR) is 124 cm³/mol. The molecule has 6 nitrogen and oxygen atoms in total. The van der Waals surface area contributed by atoms with Gasteiger partial charge in [-0.2, -0.15) is 0 Å². The number of H-pyrrole nitrogens is 1. The van der Waals surface area contributed by atoms with Crippen LogP contribution in [0.25, 0.3) is 11.0 Å². The van der Waals surface area contributed by atoms with Gasteiger partial charge in [0, 0.05) is 32.0 Å². The molecule has 0 radical (unpaired) electrons. The van der Waals surface area contributed by atoms with Crippen molar-refractivity contribution in [3.05, 3.63) is 66.0 Å². The number of carbonyl (C=O) groups is 2. The number of aryl methyl sites for hydroxylation is 1. The molecule has 0 saturated carbocycles. The first-order valence-corrected chi connectivity index (χ1v) is 11.8. The van der Waals surface area contributed by atoms with E-state index in [-0.39, 0.29) is 23.8 Å². The number of fused-ring (bicyclic) bond motifs is 1. The molecule has 166 valence electrons. The van der Waals surface area contributed by atoms with E-state index < -0.39 is 0 Å². The molecular formula is C26H30N4O2. The maximum atomic E-state index is 13.4. The van der Waals surface area contributed by atoms with Crippen LogP contribution >= 0.6 is 0 Å². The Morgan fingerprint density at radius 3 is 2.47 bits per heavy atom. The Labute approximate surface area is 188 Å². The minimum absolute atomic E-state index is 0.00171. The van der Waals surface area contributed by atoms with Crippen molar-refractivity contribution >= 4 is 22.8 Å². The summed E-state index contributed by atoms with van der Waals surface area (Å²) in [6.07, 6.45) is 4.75. The molecule has 2 aliphatic heterocycles. The number of carbonyl (C=O) groups excluding carboxylic acids is 2. The number of likely N-dealkylation sites (tertiary alicyclic amines) is 2. The van der Waals surface area contributed by atoms with Crippen LogP contribution in [-0.4, -0.2) is 51.2 Å². The zero-order valence-electron chi connectivity index (χ0n) is 18.4. The Morgan fingerprint density at radius 1 is 0.938 bits per heavy atom. The van der Waals surface area contributed by atoms with E-state index in [1.165, 1.54) is 5.56 Å². The van der Waals surface area contributed by atoms with Gasteiger partial charge in [-0.25, -0.2) is 4.98 Å². The monoisotopic (exact) mass is 430 g/mol. The number of nitrogens with zero attached hydrogens (tertiary/aromatic N) is 3. The van der Waals surface area contributed by atoms with Crippen molar-refractivity contribution in [1.29, 1.82) is 0 Å². The largest absolute Gasteiger partial charge is 0.343 e. The lowest BCUT2D eigenvalue weighted by molar-refractivity contribution is -0.141. The third kappa shape index (κ3) is 4.27. The highest BCUT2D eigenvalue weighted by Crippen LogP contribution is 2.34. The van der Waals surface area contributed by atoms with E-state index in [0.29, 0.717) is 19.5 Å². The van der Waals surface area contributed by atoms with Gasteiger partial charge in [-0.15, -0.1) is 0 Å². The van der Waals surface area contributed by atoms with E-state index in [4.69, 9.17) is 4.98 Å². The Bertz CT molecular complexity index is 1050. The van der Waals surface area contributed by atoms with Crippen molar-refractivity contribution < 1.29 is 9.59 Å². The van der Waals surface area contributed by atoms with Crippen LogP contribution in [0.2, 0.25) is 0 Å². The lowest BCUT2D eigenvalue weighted by Crippen LogP contribution is -2.44. The lowest BCUT2D eigenvalue weighted by atomic mass is 9.94. The zero-order valence-corrected chi connectivity index (χ0v) is 18.4. The number of benzene rings is 2. The molecule has 0 aliphatic carbocycles. The molecule has 2 aliphatic rings. The Balaban J connectivity index is 1.17. The maximum absolute atomic E-state index is 13.4. The van der Waals surface area contributed by atoms with Gasteiger partial charge < -0.3 is 14.8 Å². The number of para-hydroxylation sites is 2. The van der Waals surface area contributed by atoms with Gasteiger partial charge in [0.2, 0.25) is 11.8 Å². The third-order valence-electron chi connectivity index (χ3n) is 6.93. The summed E-state index contributed by atoms with van der Waals surface area (Å²) >= 11 is 0. The van der Waals surface area contributed by atoms with Crippen LogP contribution < -0.4 is 0 Å². The summed E-state index contributed by atoms with van der Waals surface area (Å²) in [4.78, 5) is 38.1. The minimum Gasteiger partial charge on any atom is -0.343 e. The molecule has 2 fully saturated rings. The molecule has 6 heteroatoms. The van der Waals surface area contributed by atoms with Crippen molar-refractivity contribution in [2.24, 2.45) is 5.92 Å². The van der Waals surface area contributed by atoms with E-state index >= 15 is 0 Å². The van der Waals surface area contributed by atoms with E-state index in [2.05, 4.69) is 17.1 Å². The highest BCUT2D eigenvalue weighted by molar-refractivity contribution is 5.81. The molecule has 3 aromatic rings. The van der Waals surface area contributed by atoms with Crippen LogP contribution in [0.1, 0.15) is 49.5 Å². The number of nitrogens with one attached hydrogen (secondary N) is 1. The summed E-state index contributed by atoms with van der Waals surface area (Å²) in [5.74, 6) is 1.31. The van der Waals surface area contributed by atoms with Gasteiger partial charge in [-0.05, 0) is 49.8 Å².